The first kappa shape index (κ1) is 20.8. The number of rotatable bonds is 4. The highest BCUT2D eigenvalue weighted by atomic mass is 79.9. The van der Waals surface area contributed by atoms with E-state index in [-0.39, 0.29) is 17.0 Å². The van der Waals surface area contributed by atoms with Crippen LogP contribution >= 0.6 is 15.9 Å². The maximum Gasteiger partial charge on any atom is 0.416 e. The monoisotopic (exact) mass is 420 g/mol. The SMILES string of the molecule is CC(Br)CC(=O)O.Oc1ccc(Oc2ccc(C(F)(F)F)cc2)cc1. The highest BCUT2D eigenvalue weighted by Crippen LogP contribution is 2.31. The molecule has 2 rings (SSSR count). The minimum absolute atomic E-state index is 0.0880. The lowest BCUT2D eigenvalue weighted by molar-refractivity contribution is -0.138. The van der Waals surface area contributed by atoms with E-state index in [4.69, 9.17) is 14.9 Å². The highest BCUT2D eigenvalue weighted by Gasteiger charge is 2.30. The molecule has 136 valence electrons. The predicted octanol–water partition coefficient (Wildman–Crippen LogP) is 5.45. The maximum absolute atomic E-state index is 12.3. The van der Waals surface area contributed by atoms with Gasteiger partial charge < -0.3 is 14.9 Å². The molecule has 2 aromatic carbocycles. The van der Waals surface area contributed by atoms with Crippen molar-refractivity contribution >= 4 is 21.9 Å². The standard InChI is InChI=1S/C13H9F3O2.C4H7BrO2/c14-13(15,16)9-1-5-11(6-2-9)18-12-7-3-10(17)4-8-12;1-3(5)2-4(6)7/h1-8,17H;3H,2H2,1H3,(H,6,7). The van der Waals surface area contributed by atoms with Crippen LogP contribution in [0.4, 0.5) is 13.2 Å². The molecule has 0 fully saturated rings. The van der Waals surface area contributed by atoms with Gasteiger partial charge in [0, 0.05) is 4.83 Å². The Hall–Kier alpha value is -2.22. The number of carbonyl (C=O) groups is 1. The molecule has 0 aliphatic heterocycles. The summed E-state index contributed by atoms with van der Waals surface area (Å²) in [5, 5.41) is 17.1. The first-order chi connectivity index (χ1) is 11.6. The minimum atomic E-state index is -4.35. The zero-order valence-corrected chi connectivity index (χ0v) is 14.7. The van der Waals surface area contributed by atoms with Crippen molar-refractivity contribution in [1.82, 2.24) is 0 Å². The quantitative estimate of drug-likeness (QED) is 0.645. The number of aliphatic carboxylic acids is 1. The minimum Gasteiger partial charge on any atom is -0.508 e. The normalized spacial score (nSPS) is 11.9. The van der Waals surface area contributed by atoms with E-state index in [1.54, 1.807) is 6.92 Å². The van der Waals surface area contributed by atoms with Gasteiger partial charge in [-0.2, -0.15) is 13.2 Å². The second-order valence-electron chi connectivity index (χ2n) is 5.00. The lowest BCUT2D eigenvalue weighted by Gasteiger charge is -2.08. The molecule has 2 aromatic rings. The molecule has 0 aliphatic rings. The summed E-state index contributed by atoms with van der Waals surface area (Å²) in [5.74, 6) is 0.0698. The summed E-state index contributed by atoms with van der Waals surface area (Å²) >= 11 is 3.09. The first-order valence-electron chi connectivity index (χ1n) is 7.08. The fourth-order valence-electron chi connectivity index (χ4n) is 1.60. The average molecular weight is 421 g/mol. The van der Waals surface area contributed by atoms with Gasteiger partial charge in [-0.05, 0) is 48.5 Å². The van der Waals surface area contributed by atoms with Crippen molar-refractivity contribution in [2.24, 2.45) is 0 Å². The average Bonchev–Trinajstić information content (AvgIpc) is 2.48. The zero-order chi connectivity index (χ0) is 19.0. The molecule has 0 amide bonds. The Labute approximate surface area is 151 Å². The molecule has 0 aromatic heterocycles. The van der Waals surface area contributed by atoms with Gasteiger partial charge in [-0.3, -0.25) is 4.79 Å². The molecular formula is C17H16BrF3O4. The van der Waals surface area contributed by atoms with Crippen LogP contribution in [0.3, 0.4) is 0 Å². The van der Waals surface area contributed by atoms with Gasteiger partial charge in [0.15, 0.2) is 0 Å². The molecule has 0 aliphatic carbocycles. The van der Waals surface area contributed by atoms with Gasteiger partial charge in [0.1, 0.15) is 17.2 Å². The van der Waals surface area contributed by atoms with Crippen LogP contribution in [-0.2, 0) is 11.0 Å². The molecule has 4 nitrogen and oxygen atoms in total. The third kappa shape index (κ3) is 8.44. The van der Waals surface area contributed by atoms with Crippen LogP contribution in [0, 0.1) is 0 Å². The fourth-order valence-corrected chi connectivity index (χ4v) is 1.88. The topological polar surface area (TPSA) is 66.8 Å². The van der Waals surface area contributed by atoms with E-state index in [1.807, 2.05) is 0 Å². The van der Waals surface area contributed by atoms with E-state index in [0.717, 1.165) is 12.1 Å². The molecule has 0 spiro atoms. The largest absolute Gasteiger partial charge is 0.508 e. The number of alkyl halides is 4. The van der Waals surface area contributed by atoms with E-state index in [1.165, 1.54) is 36.4 Å². The van der Waals surface area contributed by atoms with Crippen LogP contribution in [0.1, 0.15) is 18.9 Å². The van der Waals surface area contributed by atoms with E-state index in [9.17, 15) is 18.0 Å². The van der Waals surface area contributed by atoms with Crippen LogP contribution < -0.4 is 4.74 Å². The van der Waals surface area contributed by atoms with Crippen LogP contribution in [0.2, 0.25) is 0 Å². The van der Waals surface area contributed by atoms with Gasteiger partial charge in [-0.25, -0.2) is 0 Å². The van der Waals surface area contributed by atoms with Gasteiger partial charge in [0.05, 0.1) is 12.0 Å². The number of aromatic hydroxyl groups is 1. The number of hydrogen-bond donors (Lipinski definition) is 2. The zero-order valence-electron chi connectivity index (χ0n) is 13.1. The van der Waals surface area contributed by atoms with E-state index in [0.29, 0.717) is 11.5 Å². The lowest BCUT2D eigenvalue weighted by Crippen LogP contribution is -2.03. The molecule has 0 saturated heterocycles. The van der Waals surface area contributed by atoms with Crippen molar-refractivity contribution in [1.29, 1.82) is 0 Å². The maximum atomic E-state index is 12.3. The van der Waals surface area contributed by atoms with E-state index in [2.05, 4.69) is 15.9 Å². The number of halogens is 4. The smallest absolute Gasteiger partial charge is 0.416 e. The summed E-state index contributed by atoms with van der Waals surface area (Å²) in [5.41, 5.74) is -0.722. The highest BCUT2D eigenvalue weighted by molar-refractivity contribution is 9.09. The summed E-state index contributed by atoms with van der Waals surface area (Å²) in [6.45, 7) is 1.80. The Morgan fingerprint density at radius 3 is 1.84 bits per heavy atom. The number of carboxylic acid groups (broad SMARTS) is 1. The second kappa shape index (κ2) is 9.31. The predicted molar refractivity (Wildman–Crippen MR) is 90.3 cm³/mol. The molecule has 1 unspecified atom stereocenters. The molecule has 2 N–H and O–H groups in total. The van der Waals surface area contributed by atoms with Crippen molar-refractivity contribution in [2.45, 2.75) is 24.3 Å². The Morgan fingerprint density at radius 1 is 1.08 bits per heavy atom. The Balaban J connectivity index is 0.000000381. The lowest BCUT2D eigenvalue weighted by atomic mass is 10.2. The molecule has 0 saturated carbocycles. The van der Waals surface area contributed by atoms with Crippen molar-refractivity contribution in [3.05, 3.63) is 54.1 Å². The van der Waals surface area contributed by atoms with Crippen molar-refractivity contribution in [3.63, 3.8) is 0 Å². The van der Waals surface area contributed by atoms with Gasteiger partial charge in [-0.1, -0.05) is 22.9 Å². The molecule has 0 heterocycles. The van der Waals surface area contributed by atoms with Gasteiger partial charge >= 0.3 is 12.1 Å². The second-order valence-corrected chi connectivity index (χ2v) is 6.56. The molecular weight excluding hydrogens is 405 g/mol. The number of carboxylic acids is 1. The summed E-state index contributed by atoms with van der Waals surface area (Å²) in [6.07, 6.45) is -4.16. The van der Waals surface area contributed by atoms with E-state index >= 15 is 0 Å². The first-order valence-corrected chi connectivity index (χ1v) is 7.99. The van der Waals surface area contributed by atoms with Crippen molar-refractivity contribution in [3.8, 4) is 17.2 Å². The van der Waals surface area contributed by atoms with Crippen LogP contribution in [0.25, 0.3) is 0 Å². The van der Waals surface area contributed by atoms with Crippen molar-refractivity contribution < 1.29 is 32.9 Å². The number of phenols is 1. The Kier molecular flexibility index (Phi) is 7.76. The van der Waals surface area contributed by atoms with Gasteiger partial charge in [0.2, 0.25) is 0 Å². The number of benzene rings is 2. The number of phenolic OH excluding ortho intramolecular Hbond substituents is 1. The third-order valence-electron chi connectivity index (χ3n) is 2.71. The van der Waals surface area contributed by atoms with Crippen LogP contribution in [0.5, 0.6) is 17.2 Å². The molecule has 0 radical (unpaired) electrons. The molecule has 0 bridgehead atoms. The Bertz CT molecular complexity index is 668. The summed E-state index contributed by atoms with van der Waals surface area (Å²) < 4.78 is 42.3. The molecule has 1 atom stereocenters. The fraction of sp³-hybridized carbons (Fsp3) is 0.235. The molecule has 25 heavy (non-hydrogen) atoms. The van der Waals surface area contributed by atoms with Crippen LogP contribution in [0.15, 0.2) is 48.5 Å². The van der Waals surface area contributed by atoms with Crippen LogP contribution in [-0.4, -0.2) is 21.0 Å². The van der Waals surface area contributed by atoms with Crippen molar-refractivity contribution in [2.75, 3.05) is 0 Å². The molecule has 8 heteroatoms. The third-order valence-corrected chi connectivity index (χ3v) is 3.03. The summed E-state index contributed by atoms with van der Waals surface area (Å²) in [4.78, 5) is 9.87. The number of hydrogen-bond acceptors (Lipinski definition) is 3. The number of ether oxygens (including phenoxy) is 1. The van der Waals surface area contributed by atoms with Gasteiger partial charge in [-0.15, -0.1) is 0 Å². The summed E-state index contributed by atoms with van der Waals surface area (Å²) in [6, 6.07) is 10.3. The van der Waals surface area contributed by atoms with E-state index < -0.39 is 17.7 Å². The summed E-state index contributed by atoms with van der Waals surface area (Å²) in [7, 11) is 0. The Morgan fingerprint density at radius 2 is 1.52 bits per heavy atom. The van der Waals surface area contributed by atoms with Gasteiger partial charge in [0.25, 0.3) is 0 Å².